The summed E-state index contributed by atoms with van der Waals surface area (Å²) in [5, 5.41) is 20.7. The quantitative estimate of drug-likeness (QED) is 0.121. The highest BCUT2D eigenvalue weighted by Crippen LogP contribution is 2.55. The van der Waals surface area contributed by atoms with Crippen LogP contribution in [0, 0.1) is 27.7 Å². The maximum Gasteiger partial charge on any atom is 0.0474 e. The highest BCUT2D eigenvalue weighted by molar-refractivity contribution is 6.48. The van der Waals surface area contributed by atoms with Gasteiger partial charge in [0.05, 0.1) is 0 Å². The van der Waals surface area contributed by atoms with Gasteiger partial charge in [0.25, 0.3) is 0 Å². The van der Waals surface area contributed by atoms with Crippen molar-refractivity contribution in [2.75, 3.05) is 9.80 Å². The molecule has 0 bridgehead atoms. The molecule has 2 heteroatoms. The number of hydrogen-bond donors (Lipinski definition) is 0. The highest BCUT2D eigenvalue weighted by Gasteiger charge is 2.28. The fraction of sp³-hybridized carbons (Fsp3) is 0.171. The lowest BCUT2D eigenvalue weighted by Crippen LogP contribution is -2.12. The third-order valence-corrected chi connectivity index (χ3v) is 15.8. The second-order valence-corrected chi connectivity index (χ2v) is 22.9. The molecule has 13 aromatic rings. The summed E-state index contributed by atoms with van der Waals surface area (Å²) in [5.74, 6) is 0. The smallest absolute Gasteiger partial charge is 0.0474 e. The molecule has 0 N–H and O–H groups in total. The first kappa shape index (κ1) is 44.0. The molecule has 0 saturated heterocycles. The van der Waals surface area contributed by atoms with Crippen molar-refractivity contribution in [3.05, 3.63) is 215 Å². The van der Waals surface area contributed by atoms with Crippen molar-refractivity contribution in [1.29, 1.82) is 0 Å². The van der Waals surface area contributed by atoms with Gasteiger partial charge in [-0.05, 0) is 221 Å². The number of anilines is 6. The van der Waals surface area contributed by atoms with Gasteiger partial charge in [0.15, 0.2) is 0 Å². The van der Waals surface area contributed by atoms with Crippen LogP contribution in [0.5, 0.6) is 0 Å². The molecule has 0 aromatic heterocycles. The number of rotatable bonds is 6. The van der Waals surface area contributed by atoms with Crippen LogP contribution in [0.3, 0.4) is 0 Å². The van der Waals surface area contributed by atoms with Gasteiger partial charge in [-0.3, -0.25) is 0 Å². The average molecular weight is 929 g/mol. The maximum atomic E-state index is 2.53. The van der Waals surface area contributed by atoms with Crippen molar-refractivity contribution in [3.63, 3.8) is 0 Å². The van der Waals surface area contributed by atoms with Gasteiger partial charge in [0.1, 0.15) is 0 Å². The van der Waals surface area contributed by atoms with Gasteiger partial charge in [-0.25, -0.2) is 0 Å². The normalized spacial score (nSPS) is 12.6. The molecule has 0 aliphatic rings. The zero-order chi connectivity index (χ0) is 49.5. The van der Waals surface area contributed by atoms with Gasteiger partial charge >= 0.3 is 0 Å². The van der Waals surface area contributed by atoms with Crippen LogP contribution in [-0.2, 0) is 10.8 Å². The van der Waals surface area contributed by atoms with Crippen LogP contribution < -0.4 is 9.80 Å². The first-order valence-corrected chi connectivity index (χ1v) is 25.7. The summed E-state index contributed by atoms with van der Waals surface area (Å²) < 4.78 is 0. The lowest BCUT2D eigenvalue weighted by molar-refractivity contribution is 0.591. The molecule has 0 saturated carbocycles. The molecular weight excluding hydrogens is 869 g/mol. The zero-order valence-corrected chi connectivity index (χ0v) is 43.2. The van der Waals surface area contributed by atoms with E-state index in [-0.39, 0.29) is 10.8 Å². The molecule has 0 radical (unpaired) electrons. The maximum absolute atomic E-state index is 2.53. The van der Waals surface area contributed by atoms with E-state index in [2.05, 4.69) is 261 Å². The van der Waals surface area contributed by atoms with Crippen molar-refractivity contribution in [2.24, 2.45) is 0 Å². The lowest BCUT2D eigenvalue weighted by atomic mass is 9.78. The first-order chi connectivity index (χ1) is 34.6. The Balaban J connectivity index is 1.30. The minimum Gasteiger partial charge on any atom is -0.310 e. The highest BCUT2D eigenvalue weighted by atomic mass is 15.1. The Morgan fingerprint density at radius 3 is 0.833 bits per heavy atom. The van der Waals surface area contributed by atoms with Crippen molar-refractivity contribution < 1.29 is 0 Å². The molecule has 2 nitrogen and oxygen atoms in total. The van der Waals surface area contributed by atoms with Crippen LogP contribution in [0.2, 0.25) is 0 Å². The Kier molecular flexibility index (Phi) is 9.65. The van der Waals surface area contributed by atoms with Crippen LogP contribution in [0.1, 0.15) is 74.9 Å². The number of benzene rings is 13. The summed E-state index contributed by atoms with van der Waals surface area (Å²) >= 11 is 0. The summed E-state index contributed by atoms with van der Waals surface area (Å²) in [6.45, 7) is 22.8. The third kappa shape index (κ3) is 6.83. The van der Waals surface area contributed by atoms with E-state index in [0.717, 1.165) is 34.1 Å². The van der Waals surface area contributed by atoms with Gasteiger partial charge in [-0.15, -0.1) is 0 Å². The lowest BCUT2D eigenvalue weighted by Gasteiger charge is -2.30. The molecule has 0 unspecified atom stereocenters. The summed E-state index contributed by atoms with van der Waals surface area (Å²) in [6, 6.07) is 70.3. The van der Waals surface area contributed by atoms with E-state index in [4.69, 9.17) is 0 Å². The van der Waals surface area contributed by atoms with Crippen LogP contribution in [-0.4, -0.2) is 0 Å². The minimum atomic E-state index is -0.0621. The molecule has 0 heterocycles. The summed E-state index contributed by atoms with van der Waals surface area (Å²) in [4.78, 5) is 4.96. The molecule has 13 aromatic carbocycles. The average Bonchev–Trinajstić information content (AvgIpc) is 3.36. The van der Waals surface area contributed by atoms with Gasteiger partial charge in [0, 0.05) is 34.1 Å². The van der Waals surface area contributed by atoms with Gasteiger partial charge in [0.2, 0.25) is 0 Å². The van der Waals surface area contributed by atoms with E-state index in [1.165, 1.54) is 120 Å². The van der Waals surface area contributed by atoms with Crippen molar-refractivity contribution >= 4 is 120 Å². The Labute approximate surface area is 423 Å². The molecule has 13 rings (SSSR count). The molecule has 0 amide bonds. The van der Waals surface area contributed by atoms with Gasteiger partial charge < -0.3 is 9.80 Å². The second-order valence-electron chi connectivity index (χ2n) is 22.9. The predicted molar refractivity (Wildman–Crippen MR) is 315 cm³/mol. The number of nitrogens with zero attached hydrogens (tertiary/aromatic N) is 2. The fourth-order valence-corrected chi connectivity index (χ4v) is 11.9. The molecule has 0 aliphatic carbocycles. The SMILES string of the molecule is Cc1ccc(N(c2ccc(C)cc2)c2cc3c4cc(C(C)(C)C)cc5cccc(c54)c4c5cc(N(c6ccc(C)cc6)c6ccc(C)cc6)cc6c7cc(C(C)(C)C)cc8cccc(c87)c(c(c2)c34)c65)cc1. The summed E-state index contributed by atoms with van der Waals surface area (Å²) in [7, 11) is 0. The van der Waals surface area contributed by atoms with Crippen LogP contribution in [0.15, 0.2) is 182 Å². The second kappa shape index (κ2) is 15.8. The van der Waals surface area contributed by atoms with E-state index in [0.29, 0.717) is 0 Å². The van der Waals surface area contributed by atoms with E-state index < -0.39 is 0 Å². The Morgan fingerprint density at radius 2 is 0.528 bits per heavy atom. The Hall–Kier alpha value is -7.94. The number of aryl methyl sites for hydroxylation is 4. The number of hydrogen-bond acceptors (Lipinski definition) is 2. The standard InChI is InChI=1S/C70H60N2/c1-41-17-25-49(26-18-41)71(50-27-19-42(2)20-28-50)53-37-59-57-35-47(69(5,6)7)33-45-13-12-16-56(63(45)57)66-62-40-54(72(51-29-21-43(3)22-30-51)52-31-23-44(4)24-32-52)38-60-58-36-48(70(8,9)10)34-46-14-11-15-55(64(46)58)65(68(60)62)61(39-53)67(59)66/h11-40H,1-10H3. The molecule has 350 valence electrons. The topological polar surface area (TPSA) is 6.48 Å². The molecule has 0 atom stereocenters. The van der Waals surface area contributed by atoms with E-state index in [1.54, 1.807) is 0 Å². The van der Waals surface area contributed by atoms with Crippen LogP contribution >= 0.6 is 0 Å². The molecule has 0 fully saturated rings. The van der Waals surface area contributed by atoms with Crippen LogP contribution in [0.4, 0.5) is 34.1 Å². The summed E-state index contributed by atoms with van der Waals surface area (Å²) in [6.07, 6.45) is 0. The molecule has 0 aliphatic heterocycles. The fourth-order valence-electron chi connectivity index (χ4n) is 11.9. The van der Waals surface area contributed by atoms with Gasteiger partial charge in [-0.2, -0.15) is 0 Å². The van der Waals surface area contributed by atoms with E-state index in [1.807, 2.05) is 0 Å². The third-order valence-electron chi connectivity index (χ3n) is 15.8. The minimum absolute atomic E-state index is 0.0621. The number of fused-ring (bicyclic) bond motifs is 6. The van der Waals surface area contributed by atoms with E-state index in [9.17, 15) is 0 Å². The van der Waals surface area contributed by atoms with Crippen molar-refractivity contribution in [3.8, 4) is 0 Å². The predicted octanol–water partition coefficient (Wildman–Crippen LogP) is 20.6. The molecule has 0 spiro atoms. The molecular formula is C70H60N2. The Bertz CT molecular complexity index is 3910. The van der Waals surface area contributed by atoms with Gasteiger partial charge in [-0.1, -0.05) is 161 Å². The Morgan fingerprint density at radius 1 is 0.250 bits per heavy atom. The summed E-state index contributed by atoms with van der Waals surface area (Å²) in [5.41, 5.74) is 14.3. The van der Waals surface area contributed by atoms with Crippen LogP contribution in [0.25, 0.3) is 86.2 Å². The largest absolute Gasteiger partial charge is 0.310 e. The molecule has 72 heavy (non-hydrogen) atoms. The van der Waals surface area contributed by atoms with Crippen molar-refractivity contribution in [2.45, 2.75) is 80.1 Å². The van der Waals surface area contributed by atoms with Crippen molar-refractivity contribution in [1.82, 2.24) is 0 Å². The zero-order valence-electron chi connectivity index (χ0n) is 43.2. The van der Waals surface area contributed by atoms with E-state index >= 15 is 0 Å². The monoisotopic (exact) mass is 928 g/mol. The first-order valence-electron chi connectivity index (χ1n) is 25.7.